The molecular formula is C13H22O. The van der Waals surface area contributed by atoms with Crippen LogP contribution < -0.4 is 0 Å². The van der Waals surface area contributed by atoms with Gasteiger partial charge in [0.15, 0.2) is 0 Å². The Balaban J connectivity index is 1.86. The summed E-state index contributed by atoms with van der Waals surface area (Å²) in [5.74, 6) is 2.25. The van der Waals surface area contributed by atoms with Gasteiger partial charge in [0.2, 0.25) is 0 Å². The van der Waals surface area contributed by atoms with Gasteiger partial charge < -0.3 is 4.79 Å². The Morgan fingerprint density at radius 3 is 2.21 bits per heavy atom. The molecule has 1 nitrogen and oxygen atoms in total. The highest BCUT2D eigenvalue weighted by Gasteiger charge is 2.28. The number of hydrogen-bond donors (Lipinski definition) is 0. The van der Waals surface area contributed by atoms with Crippen LogP contribution >= 0.6 is 0 Å². The van der Waals surface area contributed by atoms with E-state index in [-0.39, 0.29) is 0 Å². The normalized spacial score (nSPS) is 35.4. The molecule has 2 fully saturated rings. The largest absolute Gasteiger partial charge is 0.303 e. The van der Waals surface area contributed by atoms with Crippen molar-refractivity contribution in [2.45, 2.75) is 57.8 Å². The molecule has 14 heavy (non-hydrogen) atoms. The molecular weight excluding hydrogens is 172 g/mol. The third-order valence-electron chi connectivity index (χ3n) is 4.26. The quantitative estimate of drug-likeness (QED) is 0.614. The van der Waals surface area contributed by atoms with Gasteiger partial charge in [0.25, 0.3) is 0 Å². The van der Waals surface area contributed by atoms with Gasteiger partial charge in [-0.1, -0.05) is 44.9 Å². The van der Waals surface area contributed by atoms with Gasteiger partial charge in [-0.3, -0.25) is 0 Å². The second-order valence-electron chi connectivity index (χ2n) is 5.22. The Labute approximate surface area is 87.3 Å². The van der Waals surface area contributed by atoms with E-state index in [1.54, 1.807) is 0 Å². The van der Waals surface area contributed by atoms with Crippen LogP contribution in [-0.2, 0) is 4.79 Å². The maximum atomic E-state index is 10.8. The molecule has 2 saturated carbocycles. The topological polar surface area (TPSA) is 17.1 Å². The van der Waals surface area contributed by atoms with Crippen LogP contribution in [0.4, 0.5) is 0 Å². The van der Waals surface area contributed by atoms with Crippen LogP contribution in [-0.4, -0.2) is 6.29 Å². The lowest BCUT2D eigenvalue weighted by Gasteiger charge is -2.34. The summed E-state index contributed by atoms with van der Waals surface area (Å²) < 4.78 is 0. The van der Waals surface area contributed by atoms with Crippen molar-refractivity contribution in [3.63, 3.8) is 0 Å². The zero-order valence-corrected chi connectivity index (χ0v) is 9.08. The minimum absolute atomic E-state index is 0.399. The molecule has 0 amide bonds. The predicted octanol–water partition coefficient (Wildman–Crippen LogP) is 3.57. The molecule has 0 aliphatic heterocycles. The smallest absolute Gasteiger partial charge is 0.123 e. The van der Waals surface area contributed by atoms with Crippen molar-refractivity contribution in [2.75, 3.05) is 0 Å². The molecule has 0 bridgehead atoms. The molecule has 2 rings (SSSR count). The average Bonchev–Trinajstić information content (AvgIpc) is 2.30. The van der Waals surface area contributed by atoms with E-state index in [0.717, 1.165) is 18.3 Å². The lowest BCUT2D eigenvalue weighted by atomic mass is 9.71. The fraction of sp³-hybridized carbons (Fsp3) is 0.923. The molecule has 0 heterocycles. The van der Waals surface area contributed by atoms with Crippen molar-refractivity contribution in [3.8, 4) is 0 Å². The van der Waals surface area contributed by atoms with Crippen LogP contribution in [0.5, 0.6) is 0 Å². The van der Waals surface area contributed by atoms with Crippen LogP contribution in [0.2, 0.25) is 0 Å². The molecule has 2 unspecified atom stereocenters. The maximum Gasteiger partial charge on any atom is 0.123 e. The van der Waals surface area contributed by atoms with E-state index in [4.69, 9.17) is 0 Å². The Bertz CT molecular complexity index is 182. The van der Waals surface area contributed by atoms with Crippen LogP contribution in [0, 0.1) is 17.8 Å². The van der Waals surface area contributed by atoms with Crippen molar-refractivity contribution in [3.05, 3.63) is 0 Å². The molecule has 80 valence electrons. The summed E-state index contributed by atoms with van der Waals surface area (Å²) in [7, 11) is 0. The third-order valence-corrected chi connectivity index (χ3v) is 4.26. The first-order valence-electron chi connectivity index (χ1n) is 6.35. The number of aldehydes is 1. The molecule has 0 saturated heterocycles. The number of hydrogen-bond acceptors (Lipinski definition) is 1. The fourth-order valence-electron chi connectivity index (χ4n) is 3.42. The highest BCUT2D eigenvalue weighted by molar-refractivity contribution is 5.53. The summed E-state index contributed by atoms with van der Waals surface area (Å²) in [6, 6.07) is 0. The van der Waals surface area contributed by atoms with Gasteiger partial charge in [0.1, 0.15) is 6.29 Å². The minimum Gasteiger partial charge on any atom is -0.303 e. The average molecular weight is 194 g/mol. The molecule has 0 aromatic heterocycles. The summed E-state index contributed by atoms with van der Waals surface area (Å²) >= 11 is 0. The van der Waals surface area contributed by atoms with Crippen LogP contribution in [0.3, 0.4) is 0 Å². The van der Waals surface area contributed by atoms with Gasteiger partial charge in [-0.15, -0.1) is 0 Å². The monoisotopic (exact) mass is 194 g/mol. The molecule has 0 N–H and O–H groups in total. The molecule has 2 atom stereocenters. The molecule has 0 aromatic rings. The lowest BCUT2D eigenvalue weighted by Crippen LogP contribution is -2.25. The van der Waals surface area contributed by atoms with Crippen molar-refractivity contribution >= 4 is 6.29 Å². The Kier molecular flexibility index (Phi) is 3.61. The SMILES string of the molecule is O=CC1CCCC(C2CCCCC2)C1. The summed E-state index contributed by atoms with van der Waals surface area (Å²) in [4.78, 5) is 10.8. The zero-order chi connectivity index (χ0) is 9.80. The summed E-state index contributed by atoms with van der Waals surface area (Å²) in [5.41, 5.74) is 0. The summed E-state index contributed by atoms with van der Waals surface area (Å²) in [6.07, 6.45) is 13.5. The number of rotatable bonds is 2. The first-order valence-corrected chi connectivity index (χ1v) is 6.35. The highest BCUT2D eigenvalue weighted by atomic mass is 16.1. The third kappa shape index (κ3) is 2.37. The predicted molar refractivity (Wildman–Crippen MR) is 58.1 cm³/mol. The first-order chi connectivity index (χ1) is 6.90. The van der Waals surface area contributed by atoms with E-state index in [1.165, 1.54) is 57.7 Å². The van der Waals surface area contributed by atoms with Crippen LogP contribution in [0.15, 0.2) is 0 Å². The second kappa shape index (κ2) is 4.95. The molecule has 0 radical (unpaired) electrons. The van der Waals surface area contributed by atoms with Crippen molar-refractivity contribution < 1.29 is 4.79 Å². The molecule has 0 spiro atoms. The Morgan fingerprint density at radius 1 is 0.786 bits per heavy atom. The first kappa shape index (κ1) is 10.2. The summed E-state index contributed by atoms with van der Waals surface area (Å²) in [5, 5.41) is 0. The fourth-order valence-corrected chi connectivity index (χ4v) is 3.42. The van der Waals surface area contributed by atoms with Gasteiger partial charge in [-0.25, -0.2) is 0 Å². The van der Waals surface area contributed by atoms with Gasteiger partial charge >= 0.3 is 0 Å². The van der Waals surface area contributed by atoms with Gasteiger partial charge in [0.05, 0.1) is 0 Å². The maximum absolute atomic E-state index is 10.8. The van der Waals surface area contributed by atoms with E-state index in [1.807, 2.05) is 0 Å². The molecule has 2 aliphatic rings. The zero-order valence-electron chi connectivity index (χ0n) is 9.08. The van der Waals surface area contributed by atoms with Crippen LogP contribution in [0.1, 0.15) is 57.8 Å². The van der Waals surface area contributed by atoms with Crippen molar-refractivity contribution in [1.29, 1.82) is 0 Å². The summed E-state index contributed by atoms with van der Waals surface area (Å²) in [6.45, 7) is 0. The van der Waals surface area contributed by atoms with Crippen LogP contribution in [0.25, 0.3) is 0 Å². The standard InChI is InChI=1S/C13H22O/c14-10-11-5-4-8-13(9-11)12-6-2-1-3-7-12/h10-13H,1-9H2. The van der Waals surface area contributed by atoms with Gasteiger partial charge in [-0.2, -0.15) is 0 Å². The van der Waals surface area contributed by atoms with Crippen molar-refractivity contribution in [1.82, 2.24) is 0 Å². The van der Waals surface area contributed by atoms with E-state index >= 15 is 0 Å². The van der Waals surface area contributed by atoms with Gasteiger partial charge in [-0.05, 0) is 24.7 Å². The highest BCUT2D eigenvalue weighted by Crippen LogP contribution is 2.39. The number of carbonyl (C=O) groups excluding carboxylic acids is 1. The van der Waals surface area contributed by atoms with E-state index < -0.39 is 0 Å². The lowest BCUT2D eigenvalue weighted by molar-refractivity contribution is -0.112. The molecule has 0 aromatic carbocycles. The van der Waals surface area contributed by atoms with Crippen molar-refractivity contribution in [2.24, 2.45) is 17.8 Å². The van der Waals surface area contributed by atoms with E-state index in [0.29, 0.717) is 5.92 Å². The number of carbonyl (C=O) groups is 1. The van der Waals surface area contributed by atoms with E-state index in [9.17, 15) is 4.79 Å². The van der Waals surface area contributed by atoms with E-state index in [2.05, 4.69) is 0 Å². The molecule has 1 heteroatoms. The Morgan fingerprint density at radius 2 is 1.50 bits per heavy atom. The molecule has 2 aliphatic carbocycles. The second-order valence-corrected chi connectivity index (χ2v) is 5.22. The minimum atomic E-state index is 0.399. The van der Waals surface area contributed by atoms with Gasteiger partial charge in [0, 0.05) is 5.92 Å². The Hall–Kier alpha value is -0.330.